The Bertz CT molecular complexity index is 337. The Morgan fingerprint density at radius 3 is 3.13 bits per heavy atom. The van der Waals surface area contributed by atoms with Crippen molar-refractivity contribution in [3.8, 4) is 5.75 Å². The van der Waals surface area contributed by atoms with Gasteiger partial charge < -0.3 is 10.1 Å². The van der Waals surface area contributed by atoms with Gasteiger partial charge in [-0.05, 0) is 47.8 Å². The normalized spacial score (nSPS) is 20.5. The summed E-state index contributed by atoms with van der Waals surface area (Å²) in [6.07, 6.45) is 5.92. The fourth-order valence-corrected chi connectivity index (χ4v) is 2.47. The molecule has 1 aromatic heterocycles. The monoisotopic (exact) mass is 270 g/mol. The Labute approximate surface area is 98.4 Å². The third-order valence-corrected chi connectivity index (χ3v) is 3.52. The van der Waals surface area contributed by atoms with Gasteiger partial charge in [-0.15, -0.1) is 0 Å². The van der Waals surface area contributed by atoms with E-state index in [0.717, 1.165) is 35.7 Å². The molecule has 1 fully saturated rings. The molecule has 1 aliphatic heterocycles. The summed E-state index contributed by atoms with van der Waals surface area (Å²) >= 11 is 3.53. The van der Waals surface area contributed by atoms with E-state index in [1.54, 1.807) is 13.3 Å². The average Bonchev–Trinajstić information content (AvgIpc) is 2.74. The number of ether oxygens (including phenoxy) is 1. The molecule has 15 heavy (non-hydrogen) atoms. The van der Waals surface area contributed by atoms with Gasteiger partial charge >= 0.3 is 0 Å². The van der Waals surface area contributed by atoms with E-state index in [1.807, 2.05) is 6.20 Å². The van der Waals surface area contributed by atoms with Gasteiger partial charge in [0.25, 0.3) is 0 Å². The Kier molecular flexibility index (Phi) is 3.59. The van der Waals surface area contributed by atoms with Crippen molar-refractivity contribution in [2.24, 2.45) is 5.92 Å². The number of methoxy groups -OCH3 is 1. The van der Waals surface area contributed by atoms with Gasteiger partial charge in [0.2, 0.25) is 0 Å². The number of halogens is 1. The number of aromatic nitrogens is 1. The van der Waals surface area contributed by atoms with Gasteiger partial charge in [0.15, 0.2) is 0 Å². The zero-order valence-corrected chi connectivity index (χ0v) is 10.4. The molecule has 1 aromatic rings. The van der Waals surface area contributed by atoms with Crippen LogP contribution in [0.15, 0.2) is 16.9 Å². The lowest BCUT2D eigenvalue weighted by Crippen LogP contribution is -2.11. The van der Waals surface area contributed by atoms with Crippen molar-refractivity contribution in [3.63, 3.8) is 0 Å². The molecule has 0 aromatic carbocycles. The third kappa shape index (κ3) is 2.49. The molecule has 0 radical (unpaired) electrons. The van der Waals surface area contributed by atoms with Crippen LogP contribution in [0.25, 0.3) is 0 Å². The van der Waals surface area contributed by atoms with Gasteiger partial charge in [-0.2, -0.15) is 0 Å². The molecule has 0 amide bonds. The number of hydrogen-bond donors (Lipinski definition) is 1. The van der Waals surface area contributed by atoms with Crippen LogP contribution < -0.4 is 10.1 Å². The number of nitrogens with one attached hydrogen (secondary N) is 1. The second-order valence-corrected chi connectivity index (χ2v) is 4.72. The average molecular weight is 271 g/mol. The molecular formula is C11H15BrN2O. The summed E-state index contributed by atoms with van der Waals surface area (Å²) in [7, 11) is 1.69. The Hall–Kier alpha value is -0.610. The number of hydrogen-bond acceptors (Lipinski definition) is 3. The molecule has 0 aliphatic carbocycles. The molecule has 2 heterocycles. The van der Waals surface area contributed by atoms with E-state index in [1.165, 1.54) is 12.0 Å². The van der Waals surface area contributed by atoms with Crippen LogP contribution in [-0.4, -0.2) is 25.2 Å². The molecule has 2 rings (SSSR count). The van der Waals surface area contributed by atoms with Crippen molar-refractivity contribution in [2.75, 3.05) is 20.2 Å². The molecule has 0 saturated carbocycles. The van der Waals surface area contributed by atoms with Crippen LogP contribution in [0.4, 0.5) is 0 Å². The van der Waals surface area contributed by atoms with Crippen molar-refractivity contribution in [3.05, 3.63) is 22.4 Å². The second-order valence-electron chi connectivity index (χ2n) is 3.87. The van der Waals surface area contributed by atoms with Gasteiger partial charge in [-0.3, -0.25) is 4.98 Å². The van der Waals surface area contributed by atoms with Crippen LogP contribution in [0.2, 0.25) is 0 Å². The van der Waals surface area contributed by atoms with E-state index in [9.17, 15) is 0 Å². The maximum absolute atomic E-state index is 5.32. The molecule has 0 bridgehead atoms. The fraction of sp³-hybridized carbons (Fsp3) is 0.545. The molecule has 1 aliphatic rings. The molecule has 1 N–H and O–H groups in total. The van der Waals surface area contributed by atoms with E-state index < -0.39 is 0 Å². The Morgan fingerprint density at radius 2 is 2.47 bits per heavy atom. The predicted octanol–water partition coefficient (Wildman–Crippen LogP) is 2.00. The van der Waals surface area contributed by atoms with E-state index in [-0.39, 0.29) is 0 Å². The van der Waals surface area contributed by atoms with Crippen LogP contribution in [0.3, 0.4) is 0 Å². The standard InChI is InChI=1S/C11H15BrN2O/c1-15-11-7-14-6-10(12)9(11)4-8-2-3-13-5-8/h6-8,13H,2-5H2,1H3. The quantitative estimate of drug-likeness (QED) is 0.913. The summed E-state index contributed by atoms with van der Waals surface area (Å²) in [5.41, 5.74) is 1.24. The largest absolute Gasteiger partial charge is 0.495 e. The van der Waals surface area contributed by atoms with Gasteiger partial charge in [0.1, 0.15) is 5.75 Å². The predicted molar refractivity (Wildman–Crippen MR) is 63.2 cm³/mol. The van der Waals surface area contributed by atoms with E-state index in [4.69, 9.17) is 4.74 Å². The fourth-order valence-electron chi connectivity index (χ4n) is 2.00. The van der Waals surface area contributed by atoms with Crippen LogP contribution in [0, 0.1) is 5.92 Å². The smallest absolute Gasteiger partial charge is 0.141 e. The van der Waals surface area contributed by atoms with E-state index in [2.05, 4.69) is 26.2 Å². The van der Waals surface area contributed by atoms with Crippen molar-refractivity contribution in [1.82, 2.24) is 10.3 Å². The first-order chi connectivity index (χ1) is 7.31. The number of nitrogens with zero attached hydrogens (tertiary/aromatic N) is 1. The summed E-state index contributed by atoms with van der Waals surface area (Å²) in [5.74, 6) is 1.61. The van der Waals surface area contributed by atoms with Crippen LogP contribution in [0.5, 0.6) is 5.75 Å². The van der Waals surface area contributed by atoms with E-state index in [0.29, 0.717) is 0 Å². The summed E-state index contributed by atoms with van der Waals surface area (Å²) in [6, 6.07) is 0. The zero-order valence-electron chi connectivity index (χ0n) is 8.79. The summed E-state index contributed by atoms with van der Waals surface area (Å²) in [5, 5.41) is 3.38. The third-order valence-electron chi connectivity index (χ3n) is 2.84. The maximum Gasteiger partial charge on any atom is 0.141 e. The Morgan fingerprint density at radius 1 is 1.60 bits per heavy atom. The molecule has 3 nitrogen and oxygen atoms in total. The highest BCUT2D eigenvalue weighted by Gasteiger charge is 2.18. The molecular weight excluding hydrogens is 256 g/mol. The highest BCUT2D eigenvalue weighted by atomic mass is 79.9. The van der Waals surface area contributed by atoms with Gasteiger partial charge in [0, 0.05) is 16.2 Å². The van der Waals surface area contributed by atoms with Crippen molar-refractivity contribution < 1.29 is 4.74 Å². The minimum absolute atomic E-state index is 0.720. The maximum atomic E-state index is 5.32. The van der Waals surface area contributed by atoms with Crippen LogP contribution >= 0.6 is 15.9 Å². The van der Waals surface area contributed by atoms with Gasteiger partial charge in [-0.1, -0.05) is 0 Å². The highest BCUT2D eigenvalue weighted by Crippen LogP contribution is 2.29. The van der Waals surface area contributed by atoms with Crippen molar-refractivity contribution in [2.45, 2.75) is 12.8 Å². The zero-order chi connectivity index (χ0) is 10.7. The minimum Gasteiger partial charge on any atom is -0.495 e. The molecule has 1 atom stereocenters. The van der Waals surface area contributed by atoms with Crippen molar-refractivity contribution in [1.29, 1.82) is 0 Å². The molecule has 0 spiro atoms. The first kappa shape index (κ1) is 10.9. The molecule has 82 valence electrons. The number of rotatable bonds is 3. The topological polar surface area (TPSA) is 34.1 Å². The lowest BCUT2D eigenvalue weighted by atomic mass is 9.99. The van der Waals surface area contributed by atoms with Crippen LogP contribution in [-0.2, 0) is 6.42 Å². The summed E-state index contributed by atoms with van der Waals surface area (Å²) in [4.78, 5) is 4.10. The lowest BCUT2D eigenvalue weighted by Gasteiger charge is -2.13. The first-order valence-corrected chi connectivity index (χ1v) is 5.97. The summed E-state index contributed by atoms with van der Waals surface area (Å²) in [6.45, 7) is 2.24. The first-order valence-electron chi connectivity index (χ1n) is 5.18. The van der Waals surface area contributed by atoms with Gasteiger partial charge in [-0.25, -0.2) is 0 Å². The van der Waals surface area contributed by atoms with Crippen LogP contribution in [0.1, 0.15) is 12.0 Å². The van der Waals surface area contributed by atoms with Gasteiger partial charge in [0.05, 0.1) is 13.3 Å². The second kappa shape index (κ2) is 4.94. The van der Waals surface area contributed by atoms with E-state index >= 15 is 0 Å². The minimum atomic E-state index is 0.720. The highest BCUT2D eigenvalue weighted by molar-refractivity contribution is 9.10. The van der Waals surface area contributed by atoms with Crippen molar-refractivity contribution >= 4 is 15.9 Å². The molecule has 1 saturated heterocycles. The summed E-state index contributed by atoms with van der Waals surface area (Å²) < 4.78 is 6.37. The molecule has 4 heteroatoms. The Balaban J connectivity index is 2.17. The SMILES string of the molecule is COc1cncc(Br)c1CC1CCNC1. The molecule has 1 unspecified atom stereocenters. The lowest BCUT2D eigenvalue weighted by molar-refractivity contribution is 0.403. The number of pyridine rings is 1.